The van der Waals surface area contributed by atoms with Crippen molar-refractivity contribution in [3.8, 4) is 6.07 Å². The highest BCUT2D eigenvalue weighted by atomic mass is 16.6. The lowest BCUT2D eigenvalue weighted by atomic mass is 9.99. The summed E-state index contributed by atoms with van der Waals surface area (Å²) >= 11 is 0. The average molecular weight is 493 g/mol. The number of hydrogen-bond donors (Lipinski definition) is 2. The molecule has 0 saturated carbocycles. The number of rotatable bonds is 9. The number of benzene rings is 2. The zero-order valence-corrected chi connectivity index (χ0v) is 21.9. The van der Waals surface area contributed by atoms with Crippen molar-refractivity contribution in [2.75, 3.05) is 11.9 Å². The first-order chi connectivity index (χ1) is 16.9. The van der Waals surface area contributed by atoms with Crippen LogP contribution < -0.4 is 10.6 Å². The second kappa shape index (κ2) is 12.7. The van der Waals surface area contributed by atoms with Crippen molar-refractivity contribution in [3.05, 3.63) is 65.7 Å². The van der Waals surface area contributed by atoms with Gasteiger partial charge in [0.1, 0.15) is 24.2 Å². The van der Waals surface area contributed by atoms with Gasteiger partial charge in [-0.15, -0.1) is 0 Å². The molecule has 0 bridgehead atoms. The molecular formula is C28H36N4O4. The van der Waals surface area contributed by atoms with Gasteiger partial charge in [0.05, 0.1) is 6.07 Å². The minimum absolute atomic E-state index is 0.0498. The van der Waals surface area contributed by atoms with Crippen molar-refractivity contribution in [1.82, 2.24) is 10.2 Å². The van der Waals surface area contributed by atoms with E-state index in [0.717, 1.165) is 5.56 Å². The third-order valence-electron chi connectivity index (χ3n) is 5.30. The molecular weight excluding hydrogens is 456 g/mol. The van der Waals surface area contributed by atoms with E-state index in [-0.39, 0.29) is 12.5 Å². The summed E-state index contributed by atoms with van der Waals surface area (Å²) in [7, 11) is 0. The molecule has 0 aromatic heterocycles. The summed E-state index contributed by atoms with van der Waals surface area (Å²) in [5, 5.41) is 15.2. The van der Waals surface area contributed by atoms with Gasteiger partial charge in [-0.25, -0.2) is 4.79 Å². The minimum Gasteiger partial charge on any atom is -0.444 e. The third-order valence-corrected chi connectivity index (χ3v) is 5.30. The number of para-hydroxylation sites is 1. The summed E-state index contributed by atoms with van der Waals surface area (Å²) in [6, 6.07) is 16.1. The molecule has 2 rings (SSSR count). The fraction of sp³-hybridized carbons (Fsp3) is 0.429. The molecule has 3 amide bonds. The molecule has 2 aromatic rings. The highest BCUT2D eigenvalue weighted by molar-refractivity contribution is 5.99. The molecule has 36 heavy (non-hydrogen) atoms. The normalized spacial score (nSPS) is 12.7. The maximum Gasteiger partial charge on any atom is 0.408 e. The Morgan fingerprint density at radius 3 is 2.19 bits per heavy atom. The largest absolute Gasteiger partial charge is 0.444 e. The number of hydrogen-bond acceptors (Lipinski definition) is 5. The van der Waals surface area contributed by atoms with E-state index in [0.29, 0.717) is 17.7 Å². The summed E-state index contributed by atoms with van der Waals surface area (Å²) in [6.45, 7) is 10.6. The van der Waals surface area contributed by atoms with Gasteiger partial charge in [0, 0.05) is 5.69 Å². The number of anilines is 1. The van der Waals surface area contributed by atoms with E-state index in [1.807, 2.05) is 51.1 Å². The number of ether oxygens (including phenoxy) is 1. The van der Waals surface area contributed by atoms with Crippen molar-refractivity contribution in [2.24, 2.45) is 5.92 Å². The van der Waals surface area contributed by atoms with E-state index in [9.17, 15) is 19.6 Å². The lowest BCUT2D eigenvalue weighted by molar-refractivity contribution is -0.140. The van der Waals surface area contributed by atoms with Crippen LogP contribution in [0.1, 0.15) is 58.2 Å². The van der Waals surface area contributed by atoms with E-state index in [1.54, 1.807) is 51.1 Å². The van der Waals surface area contributed by atoms with E-state index in [4.69, 9.17) is 4.74 Å². The molecule has 8 nitrogen and oxygen atoms in total. The summed E-state index contributed by atoms with van der Waals surface area (Å²) in [5.41, 5.74) is 1.27. The monoisotopic (exact) mass is 492 g/mol. The Balaban J connectivity index is 2.46. The van der Waals surface area contributed by atoms with Gasteiger partial charge in [0.25, 0.3) is 5.91 Å². The molecule has 2 atom stereocenters. The number of alkyl carbamates (subject to hydrolysis) is 1. The fourth-order valence-corrected chi connectivity index (χ4v) is 3.74. The first-order valence-electron chi connectivity index (χ1n) is 12.0. The zero-order chi connectivity index (χ0) is 26.9. The van der Waals surface area contributed by atoms with Crippen LogP contribution in [-0.2, 0) is 14.3 Å². The summed E-state index contributed by atoms with van der Waals surface area (Å²) in [4.78, 5) is 41.2. The quantitative estimate of drug-likeness (QED) is 0.480. The first-order valence-corrected chi connectivity index (χ1v) is 12.0. The van der Waals surface area contributed by atoms with Gasteiger partial charge < -0.3 is 20.3 Å². The fourth-order valence-electron chi connectivity index (χ4n) is 3.74. The minimum atomic E-state index is -1.09. The van der Waals surface area contributed by atoms with Gasteiger partial charge in [0.2, 0.25) is 5.91 Å². The van der Waals surface area contributed by atoms with Crippen molar-refractivity contribution < 1.29 is 19.1 Å². The van der Waals surface area contributed by atoms with Crippen molar-refractivity contribution >= 4 is 23.6 Å². The van der Waals surface area contributed by atoms with Crippen LogP contribution in [0.5, 0.6) is 0 Å². The van der Waals surface area contributed by atoms with E-state index >= 15 is 0 Å². The van der Waals surface area contributed by atoms with E-state index < -0.39 is 35.6 Å². The number of amides is 3. The number of carbonyl (C=O) groups is 3. The average Bonchev–Trinajstić information content (AvgIpc) is 2.78. The van der Waals surface area contributed by atoms with Gasteiger partial charge >= 0.3 is 6.09 Å². The highest BCUT2D eigenvalue weighted by Gasteiger charge is 2.36. The Kier molecular flexibility index (Phi) is 10.0. The molecule has 2 N–H and O–H groups in total. The van der Waals surface area contributed by atoms with Crippen LogP contribution in [0, 0.1) is 24.2 Å². The molecule has 0 heterocycles. The number of nitriles is 1. The van der Waals surface area contributed by atoms with Gasteiger partial charge in [-0.3, -0.25) is 9.59 Å². The molecule has 0 spiro atoms. The Labute approximate surface area is 213 Å². The second-order valence-corrected chi connectivity index (χ2v) is 10.1. The smallest absolute Gasteiger partial charge is 0.408 e. The Bertz CT molecular complexity index is 1090. The van der Waals surface area contributed by atoms with Gasteiger partial charge in [-0.2, -0.15) is 5.26 Å². The molecule has 0 aliphatic rings. The lowest BCUT2D eigenvalue weighted by Crippen LogP contribution is -2.53. The van der Waals surface area contributed by atoms with Crippen molar-refractivity contribution in [2.45, 2.75) is 65.6 Å². The van der Waals surface area contributed by atoms with Crippen LogP contribution in [0.4, 0.5) is 10.5 Å². The predicted octanol–water partition coefficient (Wildman–Crippen LogP) is 4.97. The van der Waals surface area contributed by atoms with Gasteiger partial charge in [-0.1, -0.05) is 62.4 Å². The van der Waals surface area contributed by atoms with Crippen molar-refractivity contribution in [3.63, 3.8) is 0 Å². The topological polar surface area (TPSA) is 112 Å². The zero-order valence-electron chi connectivity index (χ0n) is 21.9. The summed E-state index contributed by atoms with van der Waals surface area (Å²) < 4.78 is 5.36. The molecule has 0 fully saturated rings. The number of nitrogens with zero attached hydrogens (tertiary/aromatic N) is 2. The SMILES string of the molecule is Cc1ccccc1NC(=O)C(c1ccccc1)N(CC#N)C(=O)C(CC(C)C)NC(=O)OC(C)(C)C. The van der Waals surface area contributed by atoms with E-state index in [1.165, 1.54) is 4.90 Å². The van der Waals surface area contributed by atoms with Crippen LogP contribution in [0.3, 0.4) is 0 Å². The second-order valence-electron chi connectivity index (χ2n) is 10.1. The van der Waals surface area contributed by atoms with Gasteiger partial charge in [-0.05, 0) is 57.2 Å². The van der Waals surface area contributed by atoms with Crippen LogP contribution in [0.2, 0.25) is 0 Å². The maximum absolute atomic E-state index is 13.8. The molecule has 2 unspecified atom stereocenters. The molecule has 0 aliphatic heterocycles. The van der Waals surface area contributed by atoms with Crippen LogP contribution in [0.15, 0.2) is 54.6 Å². The number of carbonyl (C=O) groups excluding carboxylic acids is 3. The first kappa shape index (κ1) is 28.4. The van der Waals surface area contributed by atoms with Crippen molar-refractivity contribution in [1.29, 1.82) is 5.26 Å². The van der Waals surface area contributed by atoms with Gasteiger partial charge in [0.15, 0.2) is 0 Å². The maximum atomic E-state index is 13.8. The Morgan fingerprint density at radius 2 is 1.64 bits per heavy atom. The third kappa shape index (κ3) is 8.42. The Morgan fingerprint density at radius 1 is 1.03 bits per heavy atom. The molecule has 192 valence electrons. The molecule has 0 radical (unpaired) electrons. The van der Waals surface area contributed by atoms with Crippen LogP contribution >= 0.6 is 0 Å². The molecule has 0 saturated heterocycles. The lowest BCUT2D eigenvalue weighted by Gasteiger charge is -2.33. The highest BCUT2D eigenvalue weighted by Crippen LogP contribution is 2.26. The molecule has 0 aliphatic carbocycles. The summed E-state index contributed by atoms with van der Waals surface area (Å²) in [5.74, 6) is -0.946. The van der Waals surface area contributed by atoms with E-state index in [2.05, 4.69) is 10.6 Å². The molecule has 2 aromatic carbocycles. The van der Waals surface area contributed by atoms with Crippen LogP contribution in [-0.4, -0.2) is 41.0 Å². The number of aryl methyl sites for hydroxylation is 1. The molecule has 8 heteroatoms. The summed E-state index contributed by atoms with van der Waals surface area (Å²) in [6.07, 6.45) is -0.431. The predicted molar refractivity (Wildman–Crippen MR) is 139 cm³/mol. The Hall–Kier alpha value is -3.86. The van der Waals surface area contributed by atoms with Crippen LogP contribution in [0.25, 0.3) is 0 Å². The standard InChI is InChI=1S/C28H36N4O4/c1-19(2)18-23(31-27(35)36-28(4,5)6)26(34)32(17-16-29)24(21-13-8-7-9-14-21)25(33)30-22-15-11-10-12-20(22)3/h7-15,19,23-24H,17-18H2,1-6H3,(H,30,33)(H,31,35). The number of nitrogens with one attached hydrogen (secondary N) is 2.